The van der Waals surface area contributed by atoms with Crippen LogP contribution in [-0.4, -0.2) is 47.4 Å². The van der Waals surface area contributed by atoms with Gasteiger partial charge in [0.1, 0.15) is 5.54 Å². The third-order valence-electron chi connectivity index (χ3n) is 4.82. The maximum Gasteiger partial charge on any atom is 0.325 e. The van der Waals surface area contributed by atoms with Gasteiger partial charge in [0.2, 0.25) is 5.91 Å². The van der Waals surface area contributed by atoms with Gasteiger partial charge in [-0.2, -0.15) is 0 Å². The number of imide groups is 1. The maximum atomic E-state index is 12.5. The van der Waals surface area contributed by atoms with E-state index in [1.807, 2.05) is 0 Å². The summed E-state index contributed by atoms with van der Waals surface area (Å²) >= 11 is 0. The van der Waals surface area contributed by atoms with E-state index in [0.717, 1.165) is 32.1 Å². The monoisotopic (exact) mass is 324 g/mol. The van der Waals surface area contributed by atoms with Gasteiger partial charge in [0.05, 0.1) is 0 Å². The Morgan fingerprint density at radius 1 is 1.39 bits per heavy atom. The molecule has 2 aliphatic rings. The second-order valence-electron chi connectivity index (χ2n) is 6.57. The van der Waals surface area contributed by atoms with Crippen molar-refractivity contribution in [3.8, 4) is 0 Å². The van der Waals surface area contributed by atoms with Crippen LogP contribution >= 0.6 is 0 Å². The maximum absolute atomic E-state index is 12.5. The number of carbonyl (C=O) groups is 3. The lowest BCUT2D eigenvalue weighted by molar-refractivity contribution is -0.131. The van der Waals surface area contributed by atoms with Crippen molar-refractivity contribution in [1.29, 1.82) is 0 Å². The SMILES string of the molecule is CCCCC(CN)NC(=O)CCN1C(=O)NC2(CCCC2)C1=O. The van der Waals surface area contributed by atoms with Crippen LogP contribution < -0.4 is 16.4 Å². The van der Waals surface area contributed by atoms with Crippen molar-refractivity contribution in [2.45, 2.75) is 69.9 Å². The van der Waals surface area contributed by atoms with E-state index in [1.165, 1.54) is 4.90 Å². The first-order valence-electron chi connectivity index (χ1n) is 8.66. The molecule has 1 aliphatic heterocycles. The highest BCUT2D eigenvalue weighted by atomic mass is 16.2. The van der Waals surface area contributed by atoms with Gasteiger partial charge in [0, 0.05) is 25.6 Å². The van der Waals surface area contributed by atoms with Crippen LogP contribution in [0.1, 0.15) is 58.3 Å². The van der Waals surface area contributed by atoms with Crippen LogP contribution in [0.15, 0.2) is 0 Å². The molecule has 0 aromatic heterocycles. The Balaban J connectivity index is 1.82. The van der Waals surface area contributed by atoms with Crippen molar-refractivity contribution in [3.05, 3.63) is 0 Å². The highest BCUT2D eigenvalue weighted by Crippen LogP contribution is 2.34. The summed E-state index contributed by atoms with van der Waals surface area (Å²) in [5.74, 6) is -0.335. The Kier molecular flexibility index (Phi) is 5.98. The van der Waals surface area contributed by atoms with Gasteiger partial charge in [-0.25, -0.2) is 4.79 Å². The molecule has 0 bridgehead atoms. The van der Waals surface area contributed by atoms with Crippen LogP contribution in [0.5, 0.6) is 0 Å². The van der Waals surface area contributed by atoms with Gasteiger partial charge in [0.15, 0.2) is 0 Å². The van der Waals surface area contributed by atoms with Crippen LogP contribution in [0.3, 0.4) is 0 Å². The first-order valence-corrected chi connectivity index (χ1v) is 8.66. The van der Waals surface area contributed by atoms with Crippen molar-refractivity contribution < 1.29 is 14.4 Å². The first-order chi connectivity index (χ1) is 11.0. The fraction of sp³-hybridized carbons (Fsp3) is 0.812. The molecule has 1 aliphatic carbocycles. The number of nitrogens with two attached hydrogens (primary N) is 1. The van der Waals surface area contributed by atoms with Crippen LogP contribution in [0.4, 0.5) is 4.79 Å². The quantitative estimate of drug-likeness (QED) is 0.576. The van der Waals surface area contributed by atoms with Gasteiger partial charge in [-0.15, -0.1) is 0 Å². The summed E-state index contributed by atoms with van der Waals surface area (Å²) < 4.78 is 0. The van der Waals surface area contributed by atoms with Gasteiger partial charge in [-0.1, -0.05) is 32.6 Å². The third-order valence-corrected chi connectivity index (χ3v) is 4.82. The average molecular weight is 324 g/mol. The van der Waals surface area contributed by atoms with E-state index in [1.54, 1.807) is 0 Å². The molecule has 4 N–H and O–H groups in total. The summed E-state index contributed by atoms with van der Waals surface area (Å²) in [5.41, 5.74) is 4.96. The number of carbonyl (C=O) groups excluding carboxylic acids is 3. The molecule has 130 valence electrons. The fourth-order valence-corrected chi connectivity index (χ4v) is 3.41. The summed E-state index contributed by atoms with van der Waals surface area (Å²) in [6, 6.07) is -0.405. The molecule has 1 saturated carbocycles. The van der Waals surface area contributed by atoms with Gasteiger partial charge < -0.3 is 16.4 Å². The zero-order valence-corrected chi connectivity index (χ0v) is 13.9. The van der Waals surface area contributed by atoms with Gasteiger partial charge in [0.25, 0.3) is 5.91 Å². The third kappa shape index (κ3) is 4.02. The molecule has 7 heteroatoms. The number of unbranched alkanes of at least 4 members (excludes halogenated alkanes) is 1. The van der Waals surface area contributed by atoms with Gasteiger partial charge in [-0.05, 0) is 19.3 Å². The fourth-order valence-electron chi connectivity index (χ4n) is 3.41. The largest absolute Gasteiger partial charge is 0.352 e. The molecule has 1 heterocycles. The minimum atomic E-state index is -0.700. The number of amides is 4. The van der Waals surface area contributed by atoms with Crippen LogP contribution in [0, 0.1) is 0 Å². The number of rotatable bonds is 8. The summed E-state index contributed by atoms with van der Waals surface area (Å²) in [6.45, 7) is 2.62. The summed E-state index contributed by atoms with van der Waals surface area (Å²) in [4.78, 5) is 37.7. The Bertz CT molecular complexity index is 460. The van der Waals surface area contributed by atoms with Crippen LogP contribution in [0.25, 0.3) is 0 Å². The van der Waals surface area contributed by atoms with Gasteiger partial charge >= 0.3 is 6.03 Å². The van der Waals surface area contributed by atoms with E-state index >= 15 is 0 Å². The number of urea groups is 1. The van der Waals surface area contributed by atoms with E-state index in [0.29, 0.717) is 19.4 Å². The highest BCUT2D eigenvalue weighted by molar-refractivity contribution is 6.07. The van der Waals surface area contributed by atoms with Crippen molar-refractivity contribution in [2.24, 2.45) is 5.73 Å². The summed E-state index contributed by atoms with van der Waals surface area (Å²) in [5, 5.41) is 5.70. The lowest BCUT2D eigenvalue weighted by Crippen LogP contribution is -2.44. The van der Waals surface area contributed by atoms with E-state index in [-0.39, 0.29) is 36.9 Å². The molecule has 0 aromatic carbocycles. The Labute approximate surface area is 137 Å². The van der Waals surface area contributed by atoms with E-state index in [4.69, 9.17) is 5.73 Å². The van der Waals surface area contributed by atoms with E-state index in [2.05, 4.69) is 17.6 Å². The molecule has 2 rings (SSSR count). The molecule has 4 amide bonds. The summed E-state index contributed by atoms with van der Waals surface area (Å²) in [7, 11) is 0. The van der Waals surface area contributed by atoms with E-state index in [9.17, 15) is 14.4 Å². The standard InChI is InChI=1S/C16H28N4O3/c1-2-3-6-12(11-17)18-13(21)7-10-20-14(22)16(19-15(20)23)8-4-5-9-16/h12H,2-11,17H2,1H3,(H,18,21)(H,19,23). The topological polar surface area (TPSA) is 105 Å². The van der Waals surface area contributed by atoms with Gasteiger partial charge in [-0.3, -0.25) is 14.5 Å². The molecule has 0 aromatic rings. The Morgan fingerprint density at radius 2 is 2.09 bits per heavy atom. The summed E-state index contributed by atoms with van der Waals surface area (Å²) in [6.07, 6.45) is 6.35. The lowest BCUT2D eigenvalue weighted by atomic mass is 9.98. The highest BCUT2D eigenvalue weighted by Gasteiger charge is 2.52. The van der Waals surface area contributed by atoms with Crippen molar-refractivity contribution >= 4 is 17.8 Å². The Morgan fingerprint density at radius 3 is 2.70 bits per heavy atom. The number of nitrogens with one attached hydrogen (secondary N) is 2. The minimum absolute atomic E-state index is 0.0354. The van der Waals surface area contributed by atoms with Crippen LogP contribution in [0.2, 0.25) is 0 Å². The Hall–Kier alpha value is -1.63. The molecule has 0 radical (unpaired) electrons. The predicted octanol–water partition coefficient (Wildman–Crippen LogP) is 0.875. The number of nitrogens with zero attached hydrogens (tertiary/aromatic N) is 1. The molecule has 1 atom stereocenters. The minimum Gasteiger partial charge on any atom is -0.352 e. The predicted molar refractivity (Wildman–Crippen MR) is 86.6 cm³/mol. The number of hydrogen-bond donors (Lipinski definition) is 3. The molecule has 7 nitrogen and oxygen atoms in total. The molecular weight excluding hydrogens is 296 g/mol. The zero-order valence-electron chi connectivity index (χ0n) is 13.9. The molecule has 1 saturated heterocycles. The zero-order chi connectivity index (χ0) is 16.9. The van der Waals surface area contributed by atoms with Crippen LogP contribution in [-0.2, 0) is 9.59 Å². The molecule has 2 fully saturated rings. The second-order valence-corrected chi connectivity index (χ2v) is 6.57. The molecular formula is C16H28N4O3. The smallest absolute Gasteiger partial charge is 0.325 e. The molecule has 1 unspecified atom stereocenters. The van der Waals surface area contributed by atoms with Crippen molar-refractivity contribution in [2.75, 3.05) is 13.1 Å². The van der Waals surface area contributed by atoms with Crippen molar-refractivity contribution in [3.63, 3.8) is 0 Å². The average Bonchev–Trinajstić information content (AvgIpc) is 3.08. The number of hydrogen-bond acceptors (Lipinski definition) is 4. The van der Waals surface area contributed by atoms with Crippen molar-refractivity contribution in [1.82, 2.24) is 15.5 Å². The molecule has 1 spiro atoms. The lowest BCUT2D eigenvalue weighted by Gasteiger charge is -2.20. The first kappa shape index (κ1) is 17.7. The second kappa shape index (κ2) is 7.77. The van der Waals surface area contributed by atoms with E-state index < -0.39 is 5.54 Å². The molecule has 23 heavy (non-hydrogen) atoms. The normalized spacial score (nSPS) is 20.9.